The summed E-state index contributed by atoms with van der Waals surface area (Å²) in [5, 5.41) is 6.71. The smallest absolute Gasteiger partial charge is 0.343 e. The number of hydrogen-bond acceptors (Lipinski definition) is 6. The van der Waals surface area contributed by atoms with Crippen molar-refractivity contribution < 1.29 is 19.1 Å². The third-order valence-electron chi connectivity index (χ3n) is 3.44. The Morgan fingerprint density at radius 1 is 1.52 bits per heavy atom. The van der Waals surface area contributed by atoms with Crippen molar-refractivity contribution >= 4 is 11.9 Å². The van der Waals surface area contributed by atoms with Gasteiger partial charge in [-0.05, 0) is 32.8 Å². The third kappa shape index (κ3) is 4.62. The fourth-order valence-corrected chi connectivity index (χ4v) is 2.36. The van der Waals surface area contributed by atoms with E-state index < -0.39 is 11.5 Å². The molecule has 1 aromatic rings. The fraction of sp³-hybridized carbons (Fsp3) is 0.600. The van der Waals surface area contributed by atoms with Crippen molar-refractivity contribution in [2.24, 2.45) is 0 Å². The van der Waals surface area contributed by atoms with Crippen LogP contribution in [-0.2, 0) is 20.8 Å². The normalized spacial score (nSPS) is 17.0. The van der Waals surface area contributed by atoms with Crippen LogP contribution in [0.25, 0.3) is 0 Å². The first-order valence-corrected chi connectivity index (χ1v) is 7.65. The molecule has 1 atom stereocenters. The number of rotatable bonds is 6. The second kappa shape index (κ2) is 7.87. The molecular weight excluding hydrogens is 302 g/mol. The van der Waals surface area contributed by atoms with Gasteiger partial charge in [0.1, 0.15) is 12.1 Å². The molecule has 0 aliphatic carbocycles. The van der Waals surface area contributed by atoms with Crippen LogP contribution < -0.4 is 10.9 Å². The molecule has 0 saturated carbocycles. The molecule has 8 nitrogen and oxygen atoms in total. The molecule has 0 bridgehead atoms. The summed E-state index contributed by atoms with van der Waals surface area (Å²) < 4.78 is 11.2. The molecule has 1 aliphatic rings. The summed E-state index contributed by atoms with van der Waals surface area (Å²) in [6.45, 7) is 4.33. The van der Waals surface area contributed by atoms with E-state index in [9.17, 15) is 14.4 Å². The van der Waals surface area contributed by atoms with Gasteiger partial charge in [0.25, 0.3) is 5.56 Å². The van der Waals surface area contributed by atoms with E-state index in [1.54, 1.807) is 13.8 Å². The highest BCUT2D eigenvalue weighted by atomic mass is 16.5. The molecule has 2 rings (SSSR count). The van der Waals surface area contributed by atoms with E-state index >= 15 is 0 Å². The molecule has 0 spiro atoms. The third-order valence-corrected chi connectivity index (χ3v) is 3.44. The number of carbonyl (C=O) groups excluding carboxylic acids is 2. The minimum absolute atomic E-state index is 0.0243. The van der Waals surface area contributed by atoms with E-state index in [0.717, 1.165) is 17.5 Å². The van der Waals surface area contributed by atoms with Crippen LogP contribution in [0.3, 0.4) is 0 Å². The average molecular weight is 323 g/mol. The number of ether oxygens (including phenoxy) is 2. The molecule has 8 heteroatoms. The number of nitrogens with one attached hydrogen (secondary N) is 1. The molecule has 1 saturated heterocycles. The number of hydrogen-bond donors (Lipinski definition) is 1. The summed E-state index contributed by atoms with van der Waals surface area (Å²) in [6.07, 6.45) is 1.93. The van der Waals surface area contributed by atoms with Crippen LogP contribution in [0.4, 0.5) is 0 Å². The quantitative estimate of drug-likeness (QED) is 0.741. The second-order valence-corrected chi connectivity index (χ2v) is 5.32. The Bertz CT molecular complexity index is 634. The molecule has 0 aromatic carbocycles. The molecule has 23 heavy (non-hydrogen) atoms. The maximum Gasteiger partial charge on any atom is 0.343 e. The summed E-state index contributed by atoms with van der Waals surface area (Å²) in [4.78, 5) is 36.0. The summed E-state index contributed by atoms with van der Waals surface area (Å²) in [7, 11) is 0. The molecule has 126 valence electrons. The zero-order valence-electron chi connectivity index (χ0n) is 13.3. The highest BCUT2D eigenvalue weighted by Gasteiger charge is 2.19. The summed E-state index contributed by atoms with van der Waals surface area (Å²) in [6, 6.07) is 1.36. The lowest BCUT2D eigenvalue weighted by Gasteiger charge is -2.12. The van der Waals surface area contributed by atoms with Crippen LogP contribution in [0.2, 0.25) is 0 Å². The Morgan fingerprint density at radius 2 is 2.30 bits per heavy atom. The summed E-state index contributed by atoms with van der Waals surface area (Å²) >= 11 is 0. The molecule has 1 amide bonds. The summed E-state index contributed by atoms with van der Waals surface area (Å²) in [5.41, 5.74) is -0.299. The van der Waals surface area contributed by atoms with Gasteiger partial charge in [-0.2, -0.15) is 5.10 Å². The van der Waals surface area contributed by atoms with Gasteiger partial charge >= 0.3 is 5.97 Å². The highest BCUT2D eigenvalue weighted by Crippen LogP contribution is 2.10. The number of carbonyl (C=O) groups is 2. The standard InChI is InChI=1S/C15H21N3O5/c1-3-22-15(21)12-7-10(2)17-18(14(12)20)9-13(19)16-8-11-5-4-6-23-11/h7,11H,3-6,8-9H2,1-2H3,(H,16,19). The van der Waals surface area contributed by atoms with Crippen molar-refractivity contribution in [2.75, 3.05) is 19.8 Å². The molecule has 1 aliphatic heterocycles. The summed E-state index contributed by atoms with van der Waals surface area (Å²) in [5.74, 6) is -1.06. The SMILES string of the molecule is CCOC(=O)c1cc(C)nn(CC(=O)NCC2CCCO2)c1=O. The van der Waals surface area contributed by atoms with Crippen molar-refractivity contribution in [3.63, 3.8) is 0 Å². The van der Waals surface area contributed by atoms with Crippen LogP contribution >= 0.6 is 0 Å². The average Bonchev–Trinajstić information content (AvgIpc) is 3.02. The first-order chi connectivity index (χ1) is 11.0. The van der Waals surface area contributed by atoms with E-state index in [-0.39, 0.29) is 30.7 Å². The Morgan fingerprint density at radius 3 is 2.96 bits per heavy atom. The molecule has 0 radical (unpaired) electrons. The zero-order chi connectivity index (χ0) is 16.8. The number of nitrogens with zero attached hydrogens (tertiary/aromatic N) is 2. The van der Waals surface area contributed by atoms with Crippen molar-refractivity contribution in [1.29, 1.82) is 0 Å². The minimum Gasteiger partial charge on any atom is -0.462 e. The maximum absolute atomic E-state index is 12.2. The van der Waals surface area contributed by atoms with Crippen molar-refractivity contribution in [1.82, 2.24) is 15.1 Å². The lowest BCUT2D eigenvalue weighted by Crippen LogP contribution is -2.38. The van der Waals surface area contributed by atoms with Crippen molar-refractivity contribution in [2.45, 2.75) is 39.3 Å². The molecule has 1 aromatic heterocycles. The molecule has 1 fully saturated rings. The molecule has 1 unspecified atom stereocenters. The van der Waals surface area contributed by atoms with Gasteiger partial charge in [-0.15, -0.1) is 0 Å². The Balaban J connectivity index is 2.05. The maximum atomic E-state index is 12.2. The topological polar surface area (TPSA) is 99.5 Å². The van der Waals surface area contributed by atoms with Gasteiger partial charge in [0.2, 0.25) is 5.91 Å². The highest BCUT2D eigenvalue weighted by molar-refractivity contribution is 5.89. The fourth-order valence-electron chi connectivity index (χ4n) is 2.36. The van der Waals surface area contributed by atoms with Gasteiger partial charge < -0.3 is 14.8 Å². The van der Waals surface area contributed by atoms with Gasteiger partial charge in [0.05, 0.1) is 18.4 Å². The van der Waals surface area contributed by atoms with Crippen molar-refractivity contribution in [3.8, 4) is 0 Å². The van der Waals surface area contributed by atoms with Crippen LogP contribution in [-0.4, -0.2) is 47.5 Å². The largest absolute Gasteiger partial charge is 0.462 e. The Kier molecular flexibility index (Phi) is 5.86. The number of amides is 1. The van der Waals surface area contributed by atoms with E-state index in [0.29, 0.717) is 18.8 Å². The molecule has 1 N–H and O–H groups in total. The van der Waals surface area contributed by atoms with Gasteiger partial charge in [-0.1, -0.05) is 0 Å². The number of aryl methyl sites for hydroxylation is 1. The van der Waals surface area contributed by atoms with Crippen molar-refractivity contribution in [3.05, 3.63) is 27.7 Å². The lowest BCUT2D eigenvalue weighted by molar-refractivity contribution is -0.122. The number of esters is 1. The van der Waals surface area contributed by atoms with E-state index in [1.165, 1.54) is 6.07 Å². The van der Waals surface area contributed by atoms with E-state index in [4.69, 9.17) is 9.47 Å². The predicted molar refractivity (Wildman–Crippen MR) is 81.2 cm³/mol. The predicted octanol–water partition coefficient (Wildman–Crippen LogP) is 0.0236. The van der Waals surface area contributed by atoms with E-state index in [2.05, 4.69) is 10.4 Å². The lowest BCUT2D eigenvalue weighted by atomic mass is 10.2. The van der Waals surface area contributed by atoms with Crippen LogP contribution in [0.15, 0.2) is 10.9 Å². The first-order valence-electron chi connectivity index (χ1n) is 7.65. The van der Waals surface area contributed by atoms with Gasteiger partial charge in [0.15, 0.2) is 0 Å². The van der Waals surface area contributed by atoms with Gasteiger partial charge in [-0.25, -0.2) is 9.48 Å². The van der Waals surface area contributed by atoms with Crippen LogP contribution in [0.5, 0.6) is 0 Å². The monoisotopic (exact) mass is 323 g/mol. The van der Waals surface area contributed by atoms with E-state index in [1.807, 2.05) is 0 Å². The molecule has 2 heterocycles. The van der Waals surface area contributed by atoms with Gasteiger partial charge in [-0.3, -0.25) is 9.59 Å². The zero-order valence-corrected chi connectivity index (χ0v) is 13.3. The van der Waals surface area contributed by atoms with Crippen LogP contribution in [0.1, 0.15) is 35.8 Å². The Hall–Kier alpha value is -2.22. The molecular formula is C15H21N3O5. The first kappa shape index (κ1) is 17.1. The Labute approximate surface area is 133 Å². The second-order valence-electron chi connectivity index (χ2n) is 5.32. The van der Waals surface area contributed by atoms with Gasteiger partial charge in [0, 0.05) is 13.2 Å². The minimum atomic E-state index is -0.712. The number of aromatic nitrogens is 2. The van der Waals surface area contributed by atoms with Crippen LogP contribution in [0, 0.1) is 6.92 Å².